The lowest BCUT2D eigenvalue weighted by molar-refractivity contribution is 1.06. The van der Waals surface area contributed by atoms with E-state index in [1.54, 1.807) is 0 Å². The number of thioether (sulfide) groups is 1. The zero-order valence-corrected chi connectivity index (χ0v) is 7.22. The smallest absolute Gasteiger partial charge is 0.0649 e. The number of rotatable bonds is 1. The van der Waals surface area contributed by atoms with Crippen molar-refractivity contribution < 1.29 is 0 Å². The topological polar surface area (TPSA) is 12.0 Å². The summed E-state index contributed by atoms with van der Waals surface area (Å²) in [5.74, 6) is 1.07. The van der Waals surface area contributed by atoms with Gasteiger partial charge in [0.15, 0.2) is 0 Å². The average molecular weight is 145 g/mol. The summed E-state index contributed by atoms with van der Waals surface area (Å²) in [7, 11) is 0. The van der Waals surface area contributed by atoms with Gasteiger partial charge in [-0.3, -0.25) is 0 Å². The zero-order chi connectivity index (χ0) is 7.11. The van der Waals surface area contributed by atoms with Crippen LogP contribution >= 0.6 is 11.8 Å². The molecule has 0 spiro atoms. The molecule has 0 saturated heterocycles. The summed E-state index contributed by atoms with van der Waals surface area (Å²) in [5.41, 5.74) is 0. The van der Waals surface area contributed by atoms with Crippen LogP contribution in [0.2, 0.25) is 0 Å². The van der Waals surface area contributed by atoms with Crippen molar-refractivity contribution in [2.75, 3.05) is 5.88 Å². The fourth-order valence-corrected chi connectivity index (χ4v) is 1.26. The monoisotopic (exact) mass is 145 g/mol. The normalized spacial score (nSPS) is 15.2. The third-order valence-corrected chi connectivity index (χ3v) is 2.04. The molecule has 9 heavy (non-hydrogen) atoms. The van der Waals surface area contributed by atoms with E-state index in [2.05, 4.69) is 18.4 Å². The van der Waals surface area contributed by atoms with Crippen molar-refractivity contribution >= 4 is 11.8 Å². The van der Waals surface area contributed by atoms with Gasteiger partial charge in [-0.1, -0.05) is 20.8 Å². The predicted molar refractivity (Wildman–Crippen MR) is 45.3 cm³/mol. The second-order valence-corrected chi connectivity index (χ2v) is 2.56. The van der Waals surface area contributed by atoms with Crippen LogP contribution in [0.1, 0.15) is 27.2 Å². The van der Waals surface area contributed by atoms with Crippen molar-refractivity contribution in [3.05, 3.63) is 11.1 Å². The first-order valence-corrected chi connectivity index (χ1v) is 4.47. The second kappa shape index (κ2) is 6.02. The minimum absolute atomic E-state index is 1.07. The molecule has 0 aromatic rings. The molecular weight excluding hydrogens is 130 g/mol. The van der Waals surface area contributed by atoms with Crippen molar-refractivity contribution in [1.82, 2.24) is 5.32 Å². The van der Waals surface area contributed by atoms with E-state index in [-0.39, 0.29) is 0 Å². The summed E-state index contributed by atoms with van der Waals surface area (Å²) in [6, 6.07) is 0. The van der Waals surface area contributed by atoms with Crippen molar-refractivity contribution in [2.45, 2.75) is 27.2 Å². The average Bonchev–Trinajstić information content (AvgIpc) is 2.43. The number of hydrogen-bond donors (Lipinski definition) is 1. The maximum absolute atomic E-state index is 3.12. The Kier molecular flexibility index (Phi) is 5.94. The van der Waals surface area contributed by atoms with E-state index in [1.807, 2.05) is 25.6 Å². The van der Waals surface area contributed by atoms with Crippen LogP contribution in [0.4, 0.5) is 0 Å². The van der Waals surface area contributed by atoms with Gasteiger partial charge >= 0.3 is 0 Å². The Morgan fingerprint density at radius 1 is 1.67 bits per heavy atom. The van der Waals surface area contributed by atoms with Crippen LogP contribution in [0, 0.1) is 0 Å². The highest BCUT2D eigenvalue weighted by Gasteiger charge is 1.98. The fraction of sp³-hybridized carbons (Fsp3) is 0.714. The Morgan fingerprint density at radius 2 is 2.33 bits per heavy atom. The van der Waals surface area contributed by atoms with E-state index in [0.717, 1.165) is 5.88 Å². The van der Waals surface area contributed by atoms with E-state index in [1.165, 1.54) is 11.3 Å². The van der Waals surface area contributed by atoms with Gasteiger partial charge in [0.25, 0.3) is 0 Å². The highest BCUT2D eigenvalue weighted by atomic mass is 32.2. The third kappa shape index (κ3) is 3.46. The largest absolute Gasteiger partial charge is 0.381 e. The lowest BCUT2D eigenvalue weighted by Gasteiger charge is -1.86. The molecule has 0 aromatic heterocycles. The molecule has 0 unspecified atom stereocenters. The Hall–Kier alpha value is -0.110. The standard InChI is InChI=1S/C5H9NS.C2H6/c1-2-5-3-6-4-7-5;1-2/h3,6H,2,4H2,1H3;1-2H3. The second-order valence-electron chi connectivity index (χ2n) is 1.46. The maximum Gasteiger partial charge on any atom is 0.0649 e. The first kappa shape index (κ1) is 8.89. The van der Waals surface area contributed by atoms with Gasteiger partial charge in [0, 0.05) is 11.1 Å². The molecule has 0 fully saturated rings. The molecule has 0 saturated carbocycles. The molecule has 0 bridgehead atoms. The lowest BCUT2D eigenvalue weighted by atomic mass is 10.5. The minimum Gasteiger partial charge on any atom is -0.381 e. The Bertz CT molecular complexity index is 88.9. The van der Waals surface area contributed by atoms with E-state index in [0.29, 0.717) is 0 Å². The molecule has 54 valence electrons. The molecule has 1 rings (SSSR count). The Balaban J connectivity index is 0.000000291. The molecule has 0 aromatic carbocycles. The van der Waals surface area contributed by atoms with Gasteiger partial charge in [-0.05, 0) is 6.42 Å². The van der Waals surface area contributed by atoms with Crippen LogP contribution in [-0.4, -0.2) is 5.88 Å². The Morgan fingerprint density at radius 3 is 2.56 bits per heavy atom. The SMILES string of the molecule is CC.CCC1=CNCS1. The molecule has 0 amide bonds. The predicted octanol–water partition coefficient (Wildman–Crippen LogP) is 2.56. The third-order valence-electron chi connectivity index (χ3n) is 0.952. The highest BCUT2D eigenvalue weighted by Crippen LogP contribution is 2.20. The van der Waals surface area contributed by atoms with Gasteiger partial charge in [0.1, 0.15) is 0 Å². The van der Waals surface area contributed by atoms with Gasteiger partial charge in [-0.2, -0.15) is 0 Å². The first-order chi connectivity index (χ1) is 4.43. The molecule has 1 N–H and O–H groups in total. The summed E-state index contributed by atoms with van der Waals surface area (Å²) in [5, 5.41) is 3.12. The molecule has 0 radical (unpaired) electrons. The molecule has 1 aliphatic heterocycles. The molecule has 1 heterocycles. The number of allylic oxidation sites excluding steroid dienone is 1. The van der Waals surface area contributed by atoms with Crippen LogP contribution in [0.15, 0.2) is 11.1 Å². The molecule has 0 atom stereocenters. The molecule has 1 aliphatic rings. The van der Waals surface area contributed by atoms with E-state index >= 15 is 0 Å². The first-order valence-electron chi connectivity index (χ1n) is 3.48. The summed E-state index contributed by atoms with van der Waals surface area (Å²) in [4.78, 5) is 1.47. The van der Waals surface area contributed by atoms with Crippen molar-refractivity contribution in [3.63, 3.8) is 0 Å². The number of nitrogens with one attached hydrogen (secondary N) is 1. The van der Waals surface area contributed by atoms with Gasteiger partial charge in [-0.15, -0.1) is 11.8 Å². The van der Waals surface area contributed by atoms with Crippen LogP contribution in [0.25, 0.3) is 0 Å². The van der Waals surface area contributed by atoms with Crippen molar-refractivity contribution in [1.29, 1.82) is 0 Å². The van der Waals surface area contributed by atoms with Gasteiger partial charge in [-0.25, -0.2) is 0 Å². The minimum atomic E-state index is 1.07. The van der Waals surface area contributed by atoms with Crippen LogP contribution in [-0.2, 0) is 0 Å². The zero-order valence-electron chi connectivity index (χ0n) is 6.40. The summed E-state index contributed by atoms with van der Waals surface area (Å²) >= 11 is 1.89. The maximum atomic E-state index is 3.12. The summed E-state index contributed by atoms with van der Waals surface area (Å²) in [6.07, 6.45) is 3.27. The van der Waals surface area contributed by atoms with E-state index in [9.17, 15) is 0 Å². The Labute approximate surface area is 61.9 Å². The molecular formula is C7H15NS. The van der Waals surface area contributed by atoms with Crippen LogP contribution in [0.3, 0.4) is 0 Å². The van der Waals surface area contributed by atoms with E-state index in [4.69, 9.17) is 0 Å². The van der Waals surface area contributed by atoms with Crippen LogP contribution in [0.5, 0.6) is 0 Å². The summed E-state index contributed by atoms with van der Waals surface area (Å²) in [6.45, 7) is 6.17. The number of hydrogen-bond acceptors (Lipinski definition) is 2. The van der Waals surface area contributed by atoms with Gasteiger partial charge in [0.05, 0.1) is 5.88 Å². The van der Waals surface area contributed by atoms with Crippen LogP contribution < -0.4 is 5.32 Å². The summed E-state index contributed by atoms with van der Waals surface area (Å²) < 4.78 is 0. The quantitative estimate of drug-likeness (QED) is 0.608. The van der Waals surface area contributed by atoms with E-state index < -0.39 is 0 Å². The van der Waals surface area contributed by atoms with Gasteiger partial charge < -0.3 is 5.32 Å². The molecule has 1 nitrogen and oxygen atoms in total. The fourth-order valence-electron chi connectivity index (χ4n) is 0.536. The van der Waals surface area contributed by atoms with Crippen molar-refractivity contribution in [3.8, 4) is 0 Å². The van der Waals surface area contributed by atoms with Crippen molar-refractivity contribution in [2.24, 2.45) is 0 Å². The molecule has 0 aliphatic carbocycles. The van der Waals surface area contributed by atoms with Gasteiger partial charge in [0.2, 0.25) is 0 Å². The highest BCUT2D eigenvalue weighted by molar-refractivity contribution is 8.03. The molecule has 2 heteroatoms. The lowest BCUT2D eigenvalue weighted by Crippen LogP contribution is -1.93.